The first-order valence-electron chi connectivity index (χ1n) is 2.00. The molecule has 0 spiro atoms. The molecule has 6 heavy (non-hydrogen) atoms. The van der Waals surface area contributed by atoms with Crippen LogP contribution in [0.1, 0.15) is 0 Å². The normalized spacial score (nSPS) is 12.7. The second kappa shape index (κ2) is 3.21. The molecule has 0 N–H and O–H groups in total. The van der Waals surface area contributed by atoms with Crippen LogP contribution in [0.5, 0.6) is 0 Å². The fraction of sp³-hybridized carbons (Fsp3) is 1.00. The van der Waals surface area contributed by atoms with E-state index in [0.29, 0.717) is 0 Å². The standard InChI is InChI=1S/4CH3.Bi.ClH.H/h4*1H3;;1H;. The van der Waals surface area contributed by atoms with Gasteiger partial charge in [-0.1, -0.05) is 0 Å². The molecule has 0 radical (unpaired) electrons. The van der Waals surface area contributed by atoms with Crippen molar-refractivity contribution in [3.05, 3.63) is 0 Å². The molecule has 0 aromatic heterocycles. The number of hydrogen-bond donors (Lipinski definition) is 0. The maximum atomic E-state index is 2.41. The van der Waals surface area contributed by atoms with E-state index in [1.54, 1.807) is 0 Å². The summed E-state index contributed by atoms with van der Waals surface area (Å²) in [7, 11) is 0. The molecule has 0 atom stereocenters. The summed E-state index contributed by atoms with van der Waals surface area (Å²) in [5.41, 5.74) is 0. The van der Waals surface area contributed by atoms with Crippen LogP contribution in [0.3, 0.4) is 0 Å². The van der Waals surface area contributed by atoms with Gasteiger partial charge in [0.15, 0.2) is 0 Å². The molecule has 2 heteroatoms. The van der Waals surface area contributed by atoms with Gasteiger partial charge in [-0.3, -0.25) is 0 Å². The minimum absolute atomic E-state index is 0. The number of hydrogen-bond acceptors (Lipinski definition) is 0. The van der Waals surface area contributed by atoms with E-state index in [4.69, 9.17) is 0 Å². The molecule has 0 aromatic carbocycles. The maximum absolute atomic E-state index is 2.41. The fourth-order valence-electron chi connectivity index (χ4n) is 0. The quantitative estimate of drug-likeness (QED) is 0.601. The van der Waals surface area contributed by atoms with Gasteiger partial charge in [0.25, 0.3) is 0 Å². The molecular weight excluding hydrogens is 292 g/mol. The van der Waals surface area contributed by atoms with Crippen molar-refractivity contribution in [2.24, 2.45) is 0 Å². The van der Waals surface area contributed by atoms with Gasteiger partial charge in [-0.15, -0.1) is 12.4 Å². The van der Waals surface area contributed by atoms with Crippen molar-refractivity contribution in [2.45, 2.75) is 18.5 Å². The minimum atomic E-state index is -1.28. The second-order valence-corrected chi connectivity index (χ2v) is 26.3. The predicted molar refractivity (Wildman–Crippen MR) is 37.9 cm³/mol. The summed E-state index contributed by atoms with van der Waals surface area (Å²) in [5.74, 6) is 0. The average molecular weight is 307 g/mol. The van der Waals surface area contributed by atoms with Crippen molar-refractivity contribution in [3.63, 3.8) is 0 Å². The van der Waals surface area contributed by atoms with Crippen LogP contribution in [-0.4, -0.2) is 20.3 Å². The summed E-state index contributed by atoms with van der Waals surface area (Å²) in [6, 6.07) is 0. The van der Waals surface area contributed by atoms with Crippen LogP contribution in [0.15, 0.2) is 0 Å². The molecule has 0 heterocycles. The Labute approximate surface area is 51.1 Å². The van der Waals surface area contributed by atoms with Crippen LogP contribution in [0.2, 0.25) is 18.5 Å². The van der Waals surface area contributed by atoms with Gasteiger partial charge in [-0.2, -0.15) is 0 Å². The van der Waals surface area contributed by atoms with E-state index in [-0.39, 0.29) is 12.4 Å². The van der Waals surface area contributed by atoms with Crippen molar-refractivity contribution < 1.29 is 0 Å². The van der Waals surface area contributed by atoms with Gasteiger partial charge >= 0.3 is 38.8 Å². The van der Waals surface area contributed by atoms with E-state index in [2.05, 4.69) is 18.5 Å². The van der Waals surface area contributed by atoms with Gasteiger partial charge < -0.3 is 0 Å². The molecule has 0 aromatic rings. The zero-order valence-electron chi connectivity index (χ0n) is 4.91. The summed E-state index contributed by atoms with van der Waals surface area (Å²) >= 11 is -1.28. The van der Waals surface area contributed by atoms with Crippen LogP contribution in [-0.2, 0) is 0 Å². The van der Waals surface area contributed by atoms with Crippen LogP contribution < -0.4 is 0 Å². The van der Waals surface area contributed by atoms with Crippen LogP contribution in [0.25, 0.3) is 0 Å². The molecule has 0 fully saturated rings. The SMILES string of the molecule is Cl.[CH3][BiH]([CH3])([CH3])[CH3]. The summed E-state index contributed by atoms with van der Waals surface area (Å²) in [6.07, 6.45) is 0. The molecular formula is C4H14BiCl. The molecule has 0 unspecified atom stereocenters. The predicted octanol–water partition coefficient (Wildman–Crippen LogP) is 2.11. The van der Waals surface area contributed by atoms with Crippen molar-refractivity contribution in [1.29, 1.82) is 0 Å². The van der Waals surface area contributed by atoms with E-state index < -0.39 is 20.3 Å². The summed E-state index contributed by atoms with van der Waals surface area (Å²) in [6.45, 7) is 0. The molecule has 0 saturated heterocycles. The van der Waals surface area contributed by atoms with Crippen molar-refractivity contribution in [2.75, 3.05) is 0 Å². The summed E-state index contributed by atoms with van der Waals surface area (Å²) in [4.78, 5) is 0. The first-order chi connectivity index (χ1) is 2.00. The van der Waals surface area contributed by atoms with E-state index in [0.717, 1.165) is 0 Å². The number of halogens is 1. The average Bonchev–Trinajstić information content (AvgIpc) is 0.722. The molecule has 0 aliphatic rings. The first-order valence-corrected chi connectivity index (χ1v) is 17.5. The summed E-state index contributed by atoms with van der Waals surface area (Å²) < 4.78 is 9.64. The van der Waals surface area contributed by atoms with Gasteiger partial charge in [0, 0.05) is 0 Å². The molecule has 0 amide bonds. The van der Waals surface area contributed by atoms with Crippen molar-refractivity contribution in [1.82, 2.24) is 0 Å². The van der Waals surface area contributed by atoms with Gasteiger partial charge in [-0.25, -0.2) is 0 Å². The Morgan fingerprint density at radius 3 is 0.833 bits per heavy atom. The van der Waals surface area contributed by atoms with Crippen LogP contribution >= 0.6 is 12.4 Å². The Morgan fingerprint density at radius 2 is 0.833 bits per heavy atom. The Hall–Kier alpha value is 1.17. The monoisotopic (exact) mass is 306 g/mol. The molecule has 42 valence electrons. The van der Waals surface area contributed by atoms with E-state index in [9.17, 15) is 0 Å². The fourth-order valence-corrected chi connectivity index (χ4v) is 0. The van der Waals surface area contributed by atoms with E-state index >= 15 is 0 Å². The van der Waals surface area contributed by atoms with Crippen LogP contribution in [0, 0.1) is 0 Å². The van der Waals surface area contributed by atoms with Gasteiger partial charge in [-0.05, 0) is 0 Å². The zero-order valence-corrected chi connectivity index (χ0v) is 9.61. The zero-order chi connectivity index (χ0) is 4.50. The third-order valence-corrected chi connectivity index (χ3v) is 0. The molecule has 0 bridgehead atoms. The second-order valence-electron chi connectivity index (χ2n) is 3.00. The summed E-state index contributed by atoms with van der Waals surface area (Å²) in [5, 5.41) is 0. The Balaban J connectivity index is 0. The molecule has 0 saturated carbocycles. The van der Waals surface area contributed by atoms with Gasteiger partial charge in [0.1, 0.15) is 0 Å². The third-order valence-electron chi connectivity index (χ3n) is 0. The third kappa shape index (κ3) is 65.5. The Bertz CT molecular complexity index is 23.0. The molecule has 0 aliphatic carbocycles. The van der Waals surface area contributed by atoms with Gasteiger partial charge in [0.05, 0.1) is 0 Å². The van der Waals surface area contributed by atoms with Crippen molar-refractivity contribution >= 4 is 32.7 Å². The van der Waals surface area contributed by atoms with Crippen LogP contribution in [0.4, 0.5) is 0 Å². The first kappa shape index (κ1) is 10.2. The van der Waals surface area contributed by atoms with E-state index in [1.807, 2.05) is 0 Å². The molecule has 0 rings (SSSR count). The van der Waals surface area contributed by atoms with E-state index in [1.165, 1.54) is 0 Å². The topological polar surface area (TPSA) is 0 Å². The Morgan fingerprint density at radius 1 is 0.833 bits per heavy atom. The molecule has 0 aliphatic heterocycles. The van der Waals surface area contributed by atoms with Crippen molar-refractivity contribution in [3.8, 4) is 0 Å². The molecule has 0 nitrogen and oxygen atoms in total. The van der Waals surface area contributed by atoms with Gasteiger partial charge in [0.2, 0.25) is 0 Å². The Kier molecular flexibility index (Phi) is 5.47. The number of rotatable bonds is 0.